The molecular formula is C12H16BrN3O3. The van der Waals surface area contributed by atoms with Crippen molar-refractivity contribution in [3.63, 3.8) is 0 Å². The van der Waals surface area contributed by atoms with Gasteiger partial charge in [0.25, 0.3) is 5.69 Å². The standard InChI is InChI=1S/C12H16BrN3O3/c1-7(2)10(14)6-12(17)15-11-4-3-8(16(18)19)5-9(11)13/h3-5,7,10H,6,14H2,1-2H3,(H,15,17). The summed E-state index contributed by atoms with van der Waals surface area (Å²) in [6.45, 7) is 3.89. The normalized spacial score (nSPS) is 12.3. The van der Waals surface area contributed by atoms with Gasteiger partial charge >= 0.3 is 0 Å². The second-order valence-corrected chi connectivity index (χ2v) is 5.44. The number of nitrogens with two attached hydrogens (primary N) is 1. The molecule has 19 heavy (non-hydrogen) atoms. The summed E-state index contributed by atoms with van der Waals surface area (Å²) in [7, 11) is 0. The van der Waals surface area contributed by atoms with Gasteiger partial charge in [-0.1, -0.05) is 13.8 Å². The Balaban J connectivity index is 2.72. The molecule has 3 N–H and O–H groups in total. The maximum atomic E-state index is 11.8. The molecule has 1 aromatic rings. The van der Waals surface area contributed by atoms with Gasteiger partial charge in [-0.05, 0) is 27.9 Å². The van der Waals surface area contributed by atoms with E-state index in [0.717, 1.165) is 0 Å². The van der Waals surface area contributed by atoms with E-state index in [-0.39, 0.29) is 30.0 Å². The number of nitrogens with one attached hydrogen (secondary N) is 1. The van der Waals surface area contributed by atoms with E-state index in [2.05, 4.69) is 21.2 Å². The molecule has 0 spiro atoms. The van der Waals surface area contributed by atoms with Crippen LogP contribution in [0.1, 0.15) is 20.3 Å². The van der Waals surface area contributed by atoms with Crippen molar-refractivity contribution in [2.24, 2.45) is 11.7 Å². The second kappa shape index (κ2) is 6.63. The van der Waals surface area contributed by atoms with Crippen molar-refractivity contribution in [3.8, 4) is 0 Å². The van der Waals surface area contributed by atoms with Crippen molar-refractivity contribution >= 4 is 33.2 Å². The van der Waals surface area contributed by atoms with E-state index in [1.54, 1.807) is 0 Å². The highest BCUT2D eigenvalue weighted by molar-refractivity contribution is 9.10. The molecule has 7 heteroatoms. The minimum Gasteiger partial charge on any atom is -0.327 e. The first-order valence-electron chi connectivity index (χ1n) is 5.80. The minimum atomic E-state index is -0.495. The predicted molar refractivity (Wildman–Crippen MR) is 76.9 cm³/mol. The zero-order valence-corrected chi connectivity index (χ0v) is 12.3. The number of nitrogens with zero attached hydrogens (tertiary/aromatic N) is 1. The molecule has 0 fully saturated rings. The number of carbonyl (C=O) groups excluding carboxylic acids is 1. The van der Waals surface area contributed by atoms with Crippen LogP contribution in [0.2, 0.25) is 0 Å². The van der Waals surface area contributed by atoms with Crippen LogP contribution in [-0.2, 0) is 4.79 Å². The summed E-state index contributed by atoms with van der Waals surface area (Å²) >= 11 is 3.19. The minimum absolute atomic E-state index is 0.0382. The molecule has 1 unspecified atom stereocenters. The van der Waals surface area contributed by atoms with Crippen molar-refractivity contribution < 1.29 is 9.72 Å². The number of hydrogen-bond acceptors (Lipinski definition) is 4. The fourth-order valence-corrected chi connectivity index (χ4v) is 1.84. The molecule has 0 aliphatic rings. The number of anilines is 1. The van der Waals surface area contributed by atoms with Gasteiger partial charge in [-0.25, -0.2) is 0 Å². The van der Waals surface area contributed by atoms with Crippen molar-refractivity contribution in [2.75, 3.05) is 5.32 Å². The molecule has 0 aliphatic carbocycles. The highest BCUT2D eigenvalue weighted by Gasteiger charge is 2.15. The fraction of sp³-hybridized carbons (Fsp3) is 0.417. The Kier molecular flexibility index (Phi) is 5.44. The molecule has 1 rings (SSSR count). The van der Waals surface area contributed by atoms with Crippen LogP contribution in [-0.4, -0.2) is 16.9 Å². The molecule has 1 atom stereocenters. The Morgan fingerprint density at radius 3 is 2.63 bits per heavy atom. The number of rotatable bonds is 5. The van der Waals surface area contributed by atoms with Crippen molar-refractivity contribution in [3.05, 3.63) is 32.8 Å². The van der Waals surface area contributed by atoms with Gasteiger partial charge in [-0.15, -0.1) is 0 Å². The zero-order valence-electron chi connectivity index (χ0n) is 10.7. The smallest absolute Gasteiger partial charge is 0.270 e. The summed E-state index contributed by atoms with van der Waals surface area (Å²) in [5, 5.41) is 13.3. The Labute approximate surface area is 119 Å². The molecular weight excluding hydrogens is 314 g/mol. The number of hydrogen-bond donors (Lipinski definition) is 2. The molecule has 1 aromatic carbocycles. The molecule has 6 nitrogen and oxygen atoms in total. The lowest BCUT2D eigenvalue weighted by molar-refractivity contribution is -0.384. The zero-order chi connectivity index (χ0) is 14.6. The van der Waals surface area contributed by atoms with Crippen LogP contribution in [0.15, 0.2) is 22.7 Å². The van der Waals surface area contributed by atoms with E-state index in [4.69, 9.17) is 5.73 Å². The number of halogens is 1. The molecule has 0 bridgehead atoms. The third-order valence-electron chi connectivity index (χ3n) is 2.71. The maximum absolute atomic E-state index is 11.8. The average molecular weight is 330 g/mol. The maximum Gasteiger partial charge on any atom is 0.270 e. The van der Waals surface area contributed by atoms with Gasteiger partial charge in [0.2, 0.25) is 5.91 Å². The predicted octanol–water partition coefficient (Wildman–Crippen LogP) is 2.67. The molecule has 0 saturated carbocycles. The van der Waals surface area contributed by atoms with Crippen LogP contribution in [0.3, 0.4) is 0 Å². The first-order chi connectivity index (χ1) is 8.81. The van der Waals surface area contributed by atoms with Crippen LogP contribution in [0, 0.1) is 16.0 Å². The highest BCUT2D eigenvalue weighted by atomic mass is 79.9. The summed E-state index contributed by atoms with van der Waals surface area (Å²) in [5.74, 6) is 0.00167. The molecule has 1 amide bonds. The SMILES string of the molecule is CC(C)C(N)CC(=O)Nc1ccc([N+](=O)[O-])cc1Br. The van der Waals surface area contributed by atoms with Gasteiger partial charge in [0.15, 0.2) is 0 Å². The van der Waals surface area contributed by atoms with E-state index >= 15 is 0 Å². The number of benzene rings is 1. The Morgan fingerprint density at radius 2 is 2.16 bits per heavy atom. The van der Waals surface area contributed by atoms with E-state index in [9.17, 15) is 14.9 Å². The van der Waals surface area contributed by atoms with Crippen LogP contribution < -0.4 is 11.1 Å². The molecule has 104 valence electrons. The molecule has 0 aliphatic heterocycles. The quantitative estimate of drug-likeness (QED) is 0.640. The number of nitro benzene ring substituents is 1. The van der Waals surface area contributed by atoms with Crippen LogP contribution in [0.5, 0.6) is 0 Å². The van der Waals surface area contributed by atoms with Gasteiger partial charge in [-0.2, -0.15) is 0 Å². The number of carbonyl (C=O) groups is 1. The largest absolute Gasteiger partial charge is 0.327 e. The molecule has 0 radical (unpaired) electrons. The summed E-state index contributed by atoms with van der Waals surface area (Å²) in [6, 6.07) is 3.96. The van der Waals surface area contributed by atoms with Gasteiger partial charge in [0, 0.05) is 29.1 Å². The summed E-state index contributed by atoms with van der Waals surface area (Å²) in [5.41, 5.74) is 6.27. The topological polar surface area (TPSA) is 98.3 Å². The van der Waals surface area contributed by atoms with Crippen LogP contribution in [0.25, 0.3) is 0 Å². The van der Waals surface area contributed by atoms with E-state index in [0.29, 0.717) is 10.2 Å². The summed E-state index contributed by atoms with van der Waals surface area (Å²) in [4.78, 5) is 21.8. The fourth-order valence-electron chi connectivity index (χ4n) is 1.37. The lowest BCUT2D eigenvalue weighted by atomic mass is 10.0. The first kappa shape index (κ1) is 15.6. The van der Waals surface area contributed by atoms with Crippen LogP contribution in [0.4, 0.5) is 11.4 Å². The molecule has 0 aromatic heterocycles. The van der Waals surface area contributed by atoms with E-state index in [1.807, 2.05) is 13.8 Å². The Morgan fingerprint density at radius 1 is 1.53 bits per heavy atom. The second-order valence-electron chi connectivity index (χ2n) is 4.58. The Hall–Kier alpha value is -1.47. The van der Waals surface area contributed by atoms with E-state index < -0.39 is 4.92 Å². The molecule has 0 saturated heterocycles. The first-order valence-corrected chi connectivity index (χ1v) is 6.60. The van der Waals surface area contributed by atoms with Gasteiger partial charge in [0.1, 0.15) is 0 Å². The number of non-ortho nitro benzene ring substituents is 1. The summed E-state index contributed by atoms with van der Waals surface area (Å²) < 4.78 is 0.466. The average Bonchev–Trinajstić information content (AvgIpc) is 2.31. The Bertz CT molecular complexity index is 491. The van der Waals surface area contributed by atoms with Crippen molar-refractivity contribution in [1.29, 1.82) is 0 Å². The third kappa shape index (κ3) is 4.60. The number of nitro groups is 1. The van der Waals surface area contributed by atoms with Crippen molar-refractivity contribution in [2.45, 2.75) is 26.3 Å². The van der Waals surface area contributed by atoms with Crippen molar-refractivity contribution in [1.82, 2.24) is 0 Å². The highest BCUT2D eigenvalue weighted by Crippen LogP contribution is 2.27. The van der Waals surface area contributed by atoms with Crippen LogP contribution >= 0.6 is 15.9 Å². The third-order valence-corrected chi connectivity index (χ3v) is 3.37. The lowest BCUT2D eigenvalue weighted by Crippen LogP contribution is -2.31. The lowest BCUT2D eigenvalue weighted by Gasteiger charge is -2.15. The monoisotopic (exact) mass is 329 g/mol. The molecule has 0 heterocycles. The van der Waals surface area contributed by atoms with Gasteiger partial charge < -0.3 is 11.1 Å². The number of amides is 1. The van der Waals surface area contributed by atoms with E-state index in [1.165, 1.54) is 18.2 Å². The summed E-state index contributed by atoms with van der Waals surface area (Å²) in [6.07, 6.45) is 0.209. The van der Waals surface area contributed by atoms with Gasteiger partial charge in [0.05, 0.1) is 10.6 Å². The van der Waals surface area contributed by atoms with Gasteiger partial charge in [-0.3, -0.25) is 14.9 Å².